The Hall–Kier alpha value is -2.35. The number of esters is 2. The van der Waals surface area contributed by atoms with E-state index in [-0.39, 0.29) is 48.7 Å². The van der Waals surface area contributed by atoms with Gasteiger partial charge in [0.15, 0.2) is 11.9 Å². The van der Waals surface area contributed by atoms with Crippen molar-refractivity contribution in [2.75, 3.05) is 0 Å². The van der Waals surface area contributed by atoms with Gasteiger partial charge in [0.05, 0.1) is 0 Å². The molecule has 4 saturated carbocycles. The van der Waals surface area contributed by atoms with Gasteiger partial charge in [-0.15, -0.1) is 0 Å². The van der Waals surface area contributed by atoms with Crippen LogP contribution in [0, 0.1) is 46.3 Å². The summed E-state index contributed by atoms with van der Waals surface area (Å²) >= 11 is 0. The zero-order valence-corrected chi connectivity index (χ0v) is 24.3. The molecule has 0 heterocycles. The molecule has 44 heavy (non-hydrogen) atoms. The Morgan fingerprint density at radius 2 is 1.45 bits per heavy atom. The van der Waals surface area contributed by atoms with Crippen LogP contribution in [0.2, 0.25) is 0 Å². The summed E-state index contributed by atoms with van der Waals surface area (Å²) in [7, 11) is 0. The van der Waals surface area contributed by atoms with Crippen molar-refractivity contribution < 1.29 is 68.2 Å². The molecule has 0 amide bonds. The number of carbonyl (C=O) groups is 4. The number of rotatable bonds is 6. The number of ether oxygens (including phenoxy) is 2. The maximum absolute atomic E-state index is 14.0. The van der Waals surface area contributed by atoms with Gasteiger partial charge in [0, 0.05) is 31.1 Å². The van der Waals surface area contributed by atoms with Gasteiger partial charge < -0.3 is 9.47 Å². The first kappa shape index (κ1) is 34.5. The number of fused-ring (bicyclic) bond motifs is 5. The van der Waals surface area contributed by atoms with E-state index >= 15 is 0 Å². The fraction of sp³-hybridized carbons (Fsp3) is 0.862. The zero-order chi connectivity index (χ0) is 33.2. The summed E-state index contributed by atoms with van der Waals surface area (Å²) in [6.45, 7) is 5.46. The van der Waals surface area contributed by atoms with Crippen LogP contribution in [0.5, 0.6) is 0 Å². The van der Waals surface area contributed by atoms with Crippen LogP contribution in [0.1, 0.15) is 78.6 Å². The number of hydrogen-bond donors (Lipinski definition) is 0. The first-order valence-electron chi connectivity index (χ1n) is 14.7. The van der Waals surface area contributed by atoms with Gasteiger partial charge in [0.1, 0.15) is 5.78 Å². The summed E-state index contributed by atoms with van der Waals surface area (Å²) in [5.41, 5.74) is -1.34. The van der Waals surface area contributed by atoms with Crippen molar-refractivity contribution in [3.63, 3.8) is 0 Å². The monoisotopic (exact) mass is 650 g/mol. The lowest BCUT2D eigenvalue weighted by molar-refractivity contribution is -0.313. The van der Waals surface area contributed by atoms with Gasteiger partial charge in [-0.1, -0.05) is 20.8 Å². The lowest BCUT2D eigenvalue weighted by Crippen LogP contribution is -2.63. The predicted octanol–water partition coefficient (Wildman–Crippen LogP) is 6.93. The highest BCUT2D eigenvalue weighted by Gasteiger charge is 2.67. The number of carbonyl (C=O) groups excluding carboxylic acids is 4. The zero-order valence-electron chi connectivity index (χ0n) is 24.3. The summed E-state index contributed by atoms with van der Waals surface area (Å²) in [4.78, 5) is 50.2. The van der Waals surface area contributed by atoms with Crippen molar-refractivity contribution in [2.24, 2.45) is 46.3 Å². The highest BCUT2D eigenvalue weighted by molar-refractivity contribution is 5.92. The number of Topliss-reactive ketones (excluding diaryl/α,β-unsaturated/α-hetero) is 2. The minimum absolute atomic E-state index is 0.0794. The van der Waals surface area contributed by atoms with Crippen LogP contribution in [0.15, 0.2) is 0 Å². The van der Waals surface area contributed by atoms with Gasteiger partial charge >= 0.3 is 30.5 Å². The molecular formula is C29H35F9O6. The lowest BCUT2D eigenvalue weighted by atomic mass is 9.43. The molecular weight excluding hydrogens is 615 g/mol. The Morgan fingerprint density at radius 3 is 2.02 bits per heavy atom. The van der Waals surface area contributed by atoms with Gasteiger partial charge in [-0.3, -0.25) is 14.4 Å². The third-order valence-electron chi connectivity index (χ3n) is 11.2. The molecule has 15 heteroatoms. The Kier molecular flexibility index (Phi) is 9.00. The summed E-state index contributed by atoms with van der Waals surface area (Å²) < 4.78 is 125. The van der Waals surface area contributed by atoms with Crippen molar-refractivity contribution in [1.29, 1.82) is 0 Å². The van der Waals surface area contributed by atoms with Crippen LogP contribution >= 0.6 is 0 Å². The number of ketones is 2. The van der Waals surface area contributed by atoms with E-state index in [2.05, 4.69) is 4.74 Å². The molecule has 0 radical (unpaired) electrons. The Bertz CT molecular complexity index is 1150. The maximum Gasteiger partial charge on any atom is 0.490 e. The number of alkyl halides is 9. The van der Waals surface area contributed by atoms with Gasteiger partial charge in [-0.25, -0.2) is 4.79 Å². The van der Waals surface area contributed by atoms with E-state index in [0.717, 1.165) is 0 Å². The van der Waals surface area contributed by atoms with Crippen LogP contribution < -0.4 is 0 Å². The van der Waals surface area contributed by atoms with Crippen LogP contribution in [-0.2, 0) is 28.7 Å². The Morgan fingerprint density at radius 1 is 0.864 bits per heavy atom. The largest absolute Gasteiger partial charge is 0.490 e. The van der Waals surface area contributed by atoms with Crippen LogP contribution in [-0.4, -0.2) is 54.2 Å². The first-order valence-corrected chi connectivity index (χ1v) is 14.7. The second kappa shape index (κ2) is 11.5. The SMILES string of the molecule is C[C@H](CCC(=O)OC(C(F)(F)F)C(F)(F)F)[C@H]1CC[C@H]2[C@@H]3C(=O)[C@H](OC(=O)C(F)(F)F)[C@@H]4CC(=O)CC[C@]4(C)[C@H]3CC[C@]12C. The minimum atomic E-state index is -5.83. The molecule has 0 saturated heterocycles. The molecule has 0 aliphatic heterocycles. The first-order chi connectivity index (χ1) is 20.0. The van der Waals surface area contributed by atoms with E-state index in [1.54, 1.807) is 6.92 Å². The maximum atomic E-state index is 14.0. The van der Waals surface area contributed by atoms with Crippen LogP contribution in [0.4, 0.5) is 39.5 Å². The molecule has 4 fully saturated rings. The molecule has 6 nitrogen and oxygen atoms in total. The summed E-state index contributed by atoms with van der Waals surface area (Å²) in [5, 5.41) is 0. The van der Waals surface area contributed by atoms with E-state index < -0.39 is 77.5 Å². The quantitative estimate of drug-likeness (QED) is 0.229. The predicted molar refractivity (Wildman–Crippen MR) is 132 cm³/mol. The molecule has 0 aromatic rings. The molecule has 0 aromatic heterocycles. The van der Waals surface area contributed by atoms with E-state index in [4.69, 9.17) is 4.74 Å². The van der Waals surface area contributed by atoms with Gasteiger partial charge in [-0.2, -0.15) is 39.5 Å². The molecule has 0 aromatic carbocycles. The molecule has 0 unspecified atom stereocenters. The molecule has 4 rings (SSSR count). The number of hydrogen-bond acceptors (Lipinski definition) is 6. The summed E-state index contributed by atoms with van der Waals surface area (Å²) in [6, 6.07) is 0. The van der Waals surface area contributed by atoms with Gasteiger partial charge in [-0.05, 0) is 73.0 Å². The molecule has 250 valence electrons. The third kappa shape index (κ3) is 6.21. The standard InChI is InChI=1S/C29H35F9O6/c1-13(4-7-19(40)43-23(27(30,31)32)28(33,34)35)15-5-6-16-20-17(9-11-25(15,16)2)26(3)10-8-14(39)12-18(26)22(21(20)41)44-24(42)29(36,37)38/h13,15-18,20,22-23H,4-12H2,1-3H3/t13-,15-,16+,17+,18+,20+,22-,25-,26-/m1/s1. The highest BCUT2D eigenvalue weighted by atomic mass is 19.4. The molecule has 4 aliphatic rings. The summed E-state index contributed by atoms with van der Waals surface area (Å²) in [6.07, 6.45) is -21.4. The van der Waals surface area contributed by atoms with E-state index in [1.165, 1.54) is 0 Å². The molecule has 9 atom stereocenters. The molecule has 0 N–H and O–H groups in total. The van der Waals surface area contributed by atoms with E-state index in [0.29, 0.717) is 32.1 Å². The molecule has 0 bridgehead atoms. The lowest BCUT2D eigenvalue weighted by Gasteiger charge is -2.61. The topological polar surface area (TPSA) is 86.7 Å². The fourth-order valence-electron chi connectivity index (χ4n) is 9.11. The van der Waals surface area contributed by atoms with Crippen molar-refractivity contribution >= 4 is 23.5 Å². The molecule has 4 aliphatic carbocycles. The Balaban J connectivity index is 1.53. The fourth-order valence-corrected chi connectivity index (χ4v) is 9.11. The van der Waals surface area contributed by atoms with Crippen LogP contribution in [0.25, 0.3) is 0 Å². The summed E-state index contributed by atoms with van der Waals surface area (Å²) in [5.74, 6) is -7.90. The van der Waals surface area contributed by atoms with Crippen LogP contribution in [0.3, 0.4) is 0 Å². The normalized spacial score (nSPS) is 36.8. The Labute approximate surface area is 247 Å². The highest BCUT2D eigenvalue weighted by Crippen LogP contribution is 2.67. The van der Waals surface area contributed by atoms with E-state index in [9.17, 15) is 58.7 Å². The van der Waals surface area contributed by atoms with Gasteiger partial charge in [0.25, 0.3) is 6.10 Å². The van der Waals surface area contributed by atoms with Gasteiger partial charge in [0.2, 0.25) is 0 Å². The second-order valence-corrected chi connectivity index (χ2v) is 13.5. The number of halogens is 9. The second-order valence-electron chi connectivity index (χ2n) is 13.5. The average molecular weight is 651 g/mol. The smallest absolute Gasteiger partial charge is 0.447 e. The minimum Gasteiger partial charge on any atom is -0.447 e. The van der Waals surface area contributed by atoms with E-state index in [1.807, 2.05) is 13.8 Å². The van der Waals surface area contributed by atoms with Crippen molar-refractivity contribution in [3.8, 4) is 0 Å². The van der Waals surface area contributed by atoms with Crippen molar-refractivity contribution in [2.45, 2.75) is 109 Å². The molecule has 0 spiro atoms. The van der Waals surface area contributed by atoms with Crippen molar-refractivity contribution in [1.82, 2.24) is 0 Å². The van der Waals surface area contributed by atoms with Crippen molar-refractivity contribution in [3.05, 3.63) is 0 Å². The third-order valence-corrected chi connectivity index (χ3v) is 11.2. The average Bonchev–Trinajstić information content (AvgIpc) is 3.24.